The maximum Gasteiger partial charge on any atom is 0.261 e. The number of carbonyl (C=O) groups excluding carboxylic acids is 2. The lowest BCUT2D eigenvalue weighted by molar-refractivity contribution is -0.128. The summed E-state index contributed by atoms with van der Waals surface area (Å²) in [7, 11) is -3.70. The van der Waals surface area contributed by atoms with Gasteiger partial charge in [0.25, 0.3) is 11.8 Å². The maximum atomic E-state index is 12.2. The molecule has 2 aromatic rings. The monoisotopic (exact) mass is 396 g/mol. The lowest BCUT2D eigenvalue weighted by Gasteiger charge is -2.13. The summed E-state index contributed by atoms with van der Waals surface area (Å²) < 4.78 is 23.1. The first kappa shape index (κ1) is 20.1. The van der Waals surface area contributed by atoms with E-state index in [4.69, 9.17) is 5.21 Å². The molecule has 0 bridgehead atoms. The van der Waals surface area contributed by atoms with Crippen LogP contribution in [-0.2, 0) is 14.6 Å². The van der Waals surface area contributed by atoms with Crippen molar-refractivity contribution < 1.29 is 23.2 Å². The van der Waals surface area contributed by atoms with Gasteiger partial charge in [-0.15, -0.1) is 11.3 Å². The third-order valence-corrected chi connectivity index (χ3v) is 6.32. The number of nitrogens with one attached hydrogen (secondary N) is 2. The molecule has 9 heteroatoms. The fraction of sp³-hybridized carbons (Fsp3) is 0.294. The lowest BCUT2D eigenvalue weighted by Crippen LogP contribution is -2.40. The molecule has 1 aromatic heterocycles. The summed E-state index contributed by atoms with van der Waals surface area (Å²) >= 11 is 1.66. The Kier molecular flexibility index (Phi) is 6.52. The summed E-state index contributed by atoms with van der Waals surface area (Å²) in [5.74, 6) is -1.38. The molecular formula is C17H20N2O5S2. The van der Waals surface area contributed by atoms with Crippen LogP contribution in [0, 0.1) is 6.92 Å². The van der Waals surface area contributed by atoms with Gasteiger partial charge in [-0.2, -0.15) is 0 Å². The van der Waals surface area contributed by atoms with Crippen molar-refractivity contribution in [2.75, 3.05) is 12.8 Å². The van der Waals surface area contributed by atoms with Gasteiger partial charge in [0.1, 0.15) is 5.25 Å². The van der Waals surface area contributed by atoms with Crippen LogP contribution >= 0.6 is 11.3 Å². The van der Waals surface area contributed by atoms with Gasteiger partial charge in [0, 0.05) is 28.1 Å². The van der Waals surface area contributed by atoms with Crippen LogP contribution in [0.5, 0.6) is 0 Å². The Labute approximate surface area is 155 Å². The van der Waals surface area contributed by atoms with Crippen LogP contribution in [0.2, 0.25) is 0 Å². The third kappa shape index (κ3) is 5.13. The van der Waals surface area contributed by atoms with E-state index in [0.29, 0.717) is 5.56 Å². The second-order valence-corrected chi connectivity index (χ2v) is 9.34. The van der Waals surface area contributed by atoms with Crippen LogP contribution in [0.4, 0.5) is 0 Å². The molecule has 2 rings (SSSR count). The third-order valence-electron chi connectivity index (χ3n) is 3.78. The number of hydrogen-bond acceptors (Lipinski definition) is 6. The van der Waals surface area contributed by atoms with E-state index >= 15 is 0 Å². The van der Waals surface area contributed by atoms with Gasteiger partial charge in [0.15, 0.2) is 9.84 Å². The SMILES string of the molecule is Cc1ccc(-c2ccc(C(=O)NCCC(C(=O)NO)S(C)(=O)=O)cc2)s1. The number of hydroxylamine groups is 1. The van der Waals surface area contributed by atoms with Crippen molar-refractivity contribution in [1.82, 2.24) is 10.8 Å². The zero-order valence-electron chi connectivity index (χ0n) is 14.4. The van der Waals surface area contributed by atoms with Crippen molar-refractivity contribution in [1.29, 1.82) is 0 Å². The minimum Gasteiger partial charge on any atom is -0.352 e. The molecule has 1 atom stereocenters. The Morgan fingerprint density at radius 2 is 1.81 bits per heavy atom. The van der Waals surface area contributed by atoms with Gasteiger partial charge in [-0.05, 0) is 43.2 Å². The molecule has 3 N–H and O–H groups in total. The summed E-state index contributed by atoms with van der Waals surface area (Å²) in [5, 5.41) is 9.79. The highest BCUT2D eigenvalue weighted by molar-refractivity contribution is 7.92. The molecular weight excluding hydrogens is 376 g/mol. The van der Waals surface area contributed by atoms with E-state index in [2.05, 4.69) is 5.32 Å². The Bertz CT molecular complexity index is 888. The second-order valence-electron chi connectivity index (χ2n) is 5.83. The average Bonchev–Trinajstić information content (AvgIpc) is 3.03. The van der Waals surface area contributed by atoms with Crippen LogP contribution < -0.4 is 10.8 Å². The molecule has 7 nitrogen and oxygen atoms in total. The van der Waals surface area contributed by atoms with Crippen molar-refractivity contribution in [2.45, 2.75) is 18.6 Å². The molecule has 0 spiro atoms. The van der Waals surface area contributed by atoms with Crippen LogP contribution in [0.15, 0.2) is 36.4 Å². The first-order valence-electron chi connectivity index (χ1n) is 7.80. The molecule has 0 saturated heterocycles. The number of benzene rings is 1. The largest absolute Gasteiger partial charge is 0.352 e. The number of sulfone groups is 1. The van der Waals surface area contributed by atoms with Crippen LogP contribution in [0.1, 0.15) is 21.7 Å². The summed E-state index contributed by atoms with van der Waals surface area (Å²) in [5.41, 5.74) is 2.78. The van der Waals surface area contributed by atoms with Crippen molar-refractivity contribution in [2.24, 2.45) is 0 Å². The van der Waals surface area contributed by atoms with E-state index in [1.54, 1.807) is 23.5 Å². The zero-order chi connectivity index (χ0) is 19.3. The number of carbonyl (C=O) groups is 2. The van der Waals surface area contributed by atoms with E-state index in [0.717, 1.165) is 16.7 Å². The van der Waals surface area contributed by atoms with Gasteiger partial charge in [-0.25, -0.2) is 13.9 Å². The van der Waals surface area contributed by atoms with E-state index < -0.39 is 21.0 Å². The van der Waals surface area contributed by atoms with Gasteiger partial charge in [0.05, 0.1) is 0 Å². The molecule has 0 aliphatic carbocycles. The molecule has 0 aliphatic heterocycles. The van der Waals surface area contributed by atoms with Crippen LogP contribution in [0.25, 0.3) is 10.4 Å². The minimum absolute atomic E-state index is 0.0180. The number of thiophene rings is 1. The fourth-order valence-electron chi connectivity index (χ4n) is 2.41. The molecule has 26 heavy (non-hydrogen) atoms. The molecule has 1 heterocycles. The van der Waals surface area contributed by atoms with Gasteiger partial charge >= 0.3 is 0 Å². The topological polar surface area (TPSA) is 113 Å². The van der Waals surface area contributed by atoms with Gasteiger partial charge in [0.2, 0.25) is 0 Å². The Morgan fingerprint density at radius 1 is 1.15 bits per heavy atom. The minimum atomic E-state index is -3.70. The molecule has 1 unspecified atom stereocenters. The molecule has 0 radical (unpaired) electrons. The van der Waals surface area contributed by atoms with Crippen LogP contribution in [-0.4, -0.2) is 43.5 Å². The molecule has 0 saturated carbocycles. The van der Waals surface area contributed by atoms with Crippen molar-refractivity contribution in [3.8, 4) is 10.4 Å². The van der Waals surface area contributed by atoms with E-state index in [-0.39, 0.29) is 18.9 Å². The van der Waals surface area contributed by atoms with Gasteiger partial charge in [-0.3, -0.25) is 14.8 Å². The quantitative estimate of drug-likeness (QED) is 0.488. The highest BCUT2D eigenvalue weighted by atomic mass is 32.2. The molecule has 140 valence electrons. The number of amides is 2. The number of hydrogen-bond donors (Lipinski definition) is 3. The smallest absolute Gasteiger partial charge is 0.261 e. The predicted molar refractivity (Wildman–Crippen MR) is 100 cm³/mol. The average molecular weight is 396 g/mol. The normalized spacial score (nSPS) is 12.4. The molecule has 0 aliphatic rings. The van der Waals surface area contributed by atoms with Crippen molar-refractivity contribution >= 4 is 33.0 Å². The summed E-state index contributed by atoms with van der Waals surface area (Å²) in [6.45, 7) is 2.01. The van der Waals surface area contributed by atoms with E-state index in [1.165, 1.54) is 10.4 Å². The summed E-state index contributed by atoms with van der Waals surface area (Å²) in [6, 6.07) is 11.1. The van der Waals surface area contributed by atoms with Crippen LogP contribution in [0.3, 0.4) is 0 Å². The molecule has 2 amide bonds. The van der Waals surface area contributed by atoms with Gasteiger partial charge in [-0.1, -0.05) is 12.1 Å². The standard InChI is InChI=1S/C17H20N2O5S2/c1-11-3-8-14(25-11)12-4-6-13(7-5-12)16(20)18-10-9-15(17(21)19-22)26(2,23)24/h3-8,15,22H,9-10H2,1-2H3,(H,18,20)(H,19,21). The van der Waals surface area contributed by atoms with E-state index in [9.17, 15) is 18.0 Å². The highest BCUT2D eigenvalue weighted by Crippen LogP contribution is 2.27. The predicted octanol–water partition coefficient (Wildman–Crippen LogP) is 1.76. The van der Waals surface area contributed by atoms with Gasteiger partial charge < -0.3 is 5.32 Å². The Balaban J connectivity index is 1.96. The first-order chi connectivity index (χ1) is 12.2. The van der Waals surface area contributed by atoms with E-state index in [1.807, 2.05) is 31.2 Å². The maximum absolute atomic E-state index is 12.2. The Morgan fingerprint density at radius 3 is 2.31 bits per heavy atom. The first-order valence-corrected chi connectivity index (χ1v) is 10.6. The van der Waals surface area contributed by atoms with Crippen molar-refractivity contribution in [3.05, 3.63) is 46.8 Å². The summed E-state index contributed by atoms with van der Waals surface area (Å²) in [6.07, 6.45) is 0.767. The molecule has 1 aromatic carbocycles. The number of rotatable bonds is 7. The number of aryl methyl sites for hydroxylation is 1. The zero-order valence-corrected chi connectivity index (χ0v) is 16.0. The second kappa shape index (κ2) is 8.43. The highest BCUT2D eigenvalue weighted by Gasteiger charge is 2.28. The fourth-order valence-corrected chi connectivity index (χ4v) is 4.27. The van der Waals surface area contributed by atoms with Crippen molar-refractivity contribution in [3.63, 3.8) is 0 Å². The lowest BCUT2D eigenvalue weighted by atomic mass is 10.1. The Hall–Kier alpha value is -2.23. The molecule has 0 fully saturated rings. The summed E-state index contributed by atoms with van der Waals surface area (Å²) in [4.78, 5) is 25.9.